The summed E-state index contributed by atoms with van der Waals surface area (Å²) >= 11 is 13.8. The van der Waals surface area contributed by atoms with Crippen LogP contribution in [-0.2, 0) is 0 Å². The molecular formula is C21H13Cl2NS. The maximum absolute atomic E-state index is 6.05. The second-order valence-corrected chi connectivity index (χ2v) is 7.45. The molecule has 0 aliphatic carbocycles. The lowest BCUT2D eigenvalue weighted by atomic mass is 10.1. The van der Waals surface area contributed by atoms with E-state index >= 15 is 0 Å². The van der Waals surface area contributed by atoms with Gasteiger partial charge < -0.3 is 0 Å². The molecule has 0 saturated carbocycles. The van der Waals surface area contributed by atoms with Crippen molar-refractivity contribution in [3.8, 4) is 32.3 Å². The van der Waals surface area contributed by atoms with Gasteiger partial charge in [0.25, 0.3) is 0 Å². The van der Waals surface area contributed by atoms with Crippen LogP contribution < -0.4 is 0 Å². The number of thiazole rings is 1. The van der Waals surface area contributed by atoms with E-state index in [4.69, 9.17) is 28.2 Å². The number of rotatable bonds is 3. The van der Waals surface area contributed by atoms with Gasteiger partial charge in [-0.15, -0.1) is 11.3 Å². The van der Waals surface area contributed by atoms with E-state index in [1.807, 2.05) is 66.7 Å². The monoisotopic (exact) mass is 381 g/mol. The fraction of sp³-hybridized carbons (Fsp3) is 0. The molecule has 1 heterocycles. The highest BCUT2D eigenvalue weighted by Gasteiger charge is 2.16. The summed E-state index contributed by atoms with van der Waals surface area (Å²) in [5.74, 6) is 0. The molecule has 0 spiro atoms. The minimum absolute atomic E-state index is 0.718. The summed E-state index contributed by atoms with van der Waals surface area (Å²) in [7, 11) is 0. The van der Waals surface area contributed by atoms with E-state index in [0.29, 0.717) is 0 Å². The normalized spacial score (nSPS) is 10.8. The predicted octanol–water partition coefficient (Wildman–Crippen LogP) is 7.45. The molecule has 1 aromatic heterocycles. The van der Waals surface area contributed by atoms with Crippen molar-refractivity contribution in [2.45, 2.75) is 0 Å². The van der Waals surface area contributed by atoms with Gasteiger partial charge in [0, 0.05) is 21.2 Å². The third-order valence-electron chi connectivity index (χ3n) is 3.87. The van der Waals surface area contributed by atoms with E-state index in [-0.39, 0.29) is 0 Å². The number of halogens is 2. The molecule has 0 amide bonds. The van der Waals surface area contributed by atoms with Crippen LogP contribution in [0.2, 0.25) is 10.0 Å². The molecule has 0 bridgehead atoms. The molecule has 0 aliphatic rings. The van der Waals surface area contributed by atoms with Crippen LogP contribution in [0.25, 0.3) is 32.3 Å². The number of nitrogens with zero attached hydrogens (tertiary/aromatic N) is 1. The van der Waals surface area contributed by atoms with Gasteiger partial charge >= 0.3 is 0 Å². The van der Waals surface area contributed by atoms with Crippen molar-refractivity contribution in [2.75, 3.05) is 0 Å². The Morgan fingerprint density at radius 3 is 1.76 bits per heavy atom. The summed E-state index contributed by atoms with van der Waals surface area (Å²) in [4.78, 5) is 6.04. The van der Waals surface area contributed by atoms with Gasteiger partial charge in [-0.3, -0.25) is 0 Å². The van der Waals surface area contributed by atoms with Gasteiger partial charge in [-0.25, -0.2) is 4.98 Å². The average molecular weight is 382 g/mol. The summed E-state index contributed by atoms with van der Waals surface area (Å²) in [6.45, 7) is 0. The molecular weight excluding hydrogens is 369 g/mol. The van der Waals surface area contributed by atoms with Gasteiger partial charge in [-0.1, -0.05) is 77.8 Å². The minimum Gasteiger partial charge on any atom is -0.235 e. The largest absolute Gasteiger partial charge is 0.235 e. The molecule has 0 saturated heterocycles. The Kier molecular flexibility index (Phi) is 4.58. The Labute approximate surface area is 160 Å². The van der Waals surface area contributed by atoms with Gasteiger partial charge in [0.2, 0.25) is 0 Å². The molecule has 3 aromatic carbocycles. The fourth-order valence-electron chi connectivity index (χ4n) is 2.62. The van der Waals surface area contributed by atoms with Crippen molar-refractivity contribution in [3.05, 3.63) is 88.9 Å². The quantitative estimate of drug-likeness (QED) is 0.359. The van der Waals surface area contributed by atoms with Gasteiger partial charge in [0.05, 0.1) is 10.6 Å². The standard InChI is InChI=1S/C21H13Cl2NS/c22-17-10-6-14(7-11-17)19-20(15-8-12-18(23)13-9-15)25-21(24-19)16-4-2-1-3-5-16/h1-13H. The predicted molar refractivity (Wildman–Crippen MR) is 108 cm³/mol. The summed E-state index contributed by atoms with van der Waals surface area (Å²) in [5, 5.41) is 2.44. The van der Waals surface area contributed by atoms with Gasteiger partial charge in [-0.2, -0.15) is 0 Å². The molecule has 4 rings (SSSR count). The van der Waals surface area contributed by atoms with Gasteiger partial charge in [0.15, 0.2) is 0 Å². The fourth-order valence-corrected chi connectivity index (χ4v) is 3.97. The van der Waals surface area contributed by atoms with E-state index in [2.05, 4.69) is 12.1 Å². The van der Waals surface area contributed by atoms with E-state index in [1.54, 1.807) is 11.3 Å². The number of hydrogen-bond acceptors (Lipinski definition) is 2. The van der Waals surface area contributed by atoms with E-state index in [9.17, 15) is 0 Å². The van der Waals surface area contributed by atoms with E-state index in [1.165, 1.54) is 0 Å². The van der Waals surface area contributed by atoms with Crippen molar-refractivity contribution in [2.24, 2.45) is 0 Å². The van der Waals surface area contributed by atoms with Crippen LogP contribution in [0.4, 0.5) is 0 Å². The average Bonchev–Trinajstić information content (AvgIpc) is 3.09. The van der Waals surface area contributed by atoms with Crippen LogP contribution in [0.15, 0.2) is 78.9 Å². The smallest absolute Gasteiger partial charge is 0.124 e. The lowest BCUT2D eigenvalue weighted by Gasteiger charge is -2.03. The lowest BCUT2D eigenvalue weighted by molar-refractivity contribution is 1.40. The maximum Gasteiger partial charge on any atom is 0.124 e. The Morgan fingerprint density at radius 2 is 1.16 bits per heavy atom. The number of hydrogen-bond donors (Lipinski definition) is 0. The summed E-state index contributed by atoms with van der Waals surface area (Å²) in [6.07, 6.45) is 0. The molecule has 0 aliphatic heterocycles. The second-order valence-electron chi connectivity index (χ2n) is 5.58. The lowest BCUT2D eigenvalue weighted by Crippen LogP contribution is -1.82. The van der Waals surface area contributed by atoms with Crippen molar-refractivity contribution in [1.82, 2.24) is 4.98 Å². The molecule has 0 radical (unpaired) electrons. The highest BCUT2D eigenvalue weighted by Crippen LogP contribution is 2.40. The third kappa shape index (κ3) is 3.47. The molecule has 0 N–H and O–H groups in total. The minimum atomic E-state index is 0.718. The van der Waals surface area contributed by atoms with Crippen LogP contribution in [0, 0.1) is 0 Å². The number of benzene rings is 3. The zero-order chi connectivity index (χ0) is 17.2. The Hall–Kier alpha value is -2.13. The summed E-state index contributed by atoms with van der Waals surface area (Å²) in [5.41, 5.74) is 4.23. The van der Waals surface area contributed by atoms with Gasteiger partial charge in [-0.05, 0) is 29.8 Å². The molecule has 1 nitrogen and oxygen atoms in total. The Morgan fingerprint density at radius 1 is 0.600 bits per heavy atom. The maximum atomic E-state index is 6.05. The molecule has 4 aromatic rings. The van der Waals surface area contributed by atoms with Crippen LogP contribution in [0.3, 0.4) is 0 Å². The molecule has 0 unspecified atom stereocenters. The van der Waals surface area contributed by atoms with Crippen molar-refractivity contribution < 1.29 is 0 Å². The van der Waals surface area contributed by atoms with E-state index < -0.39 is 0 Å². The molecule has 4 heteroatoms. The first-order valence-corrected chi connectivity index (χ1v) is 9.36. The van der Waals surface area contributed by atoms with Crippen LogP contribution in [0.5, 0.6) is 0 Å². The first-order valence-electron chi connectivity index (χ1n) is 7.79. The van der Waals surface area contributed by atoms with E-state index in [0.717, 1.165) is 42.3 Å². The summed E-state index contributed by atoms with van der Waals surface area (Å²) < 4.78 is 0. The van der Waals surface area contributed by atoms with Crippen LogP contribution in [-0.4, -0.2) is 4.98 Å². The Bertz CT molecular complexity index is 928. The molecule has 0 atom stereocenters. The Balaban J connectivity index is 1.89. The van der Waals surface area contributed by atoms with Crippen LogP contribution in [0.1, 0.15) is 0 Å². The van der Waals surface area contributed by atoms with Crippen LogP contribution >= 0.6 is 34.5 Å². The zero-order valence-corrected chi connectivity index (χ0v) is 15.4. The topological polar surface area (TPSA) is 12.9 Å². The van der Waals surface area contributed by atoms with Crippen molar-refractivity contribution in [3.63, 3.8) is 0 Å². The molecule has 25 heavy (non-hydrogen) atoms. The third-order valence-corrected chi connectivity index (χ3v) is 5.53. The molecule has 0 fully saturated rings. The second kappa shape index (κ2) is 7.01. The summed E-state index contributed by atoms with van der Waals surface area (Å²) in [6, 6.07) is 25.9. The van der Waals surface area contributed by atoms with Crippen molar-refractivity contribution in [1.29, 1.82) is 0 Å². The molecule has 122 valence electrons. The first kappa shape index (κ1) is 16.3. The first-order chi connectivity index (χ1) is 12.2. The zero-order valence-electron chi connectivity index (χ0n) is 13.1. The number of aromatic nitrogens is 1. The highest BCUT2D eigenvalue weighted by molar-refractivity contribution is 7.19. The highest BCUT2D eigenvalue weighted by atomic mass is 35.5. The van der Waals surface area contributed by atoms with Gasteiger partial charge in [0.1, 0.15) is 5.01 Å². The van der Waals surface area contributed by atoms with Crippen molar-refractivity contribution >= 4 is 34.5 Å². The SMILES string of the molecule is Clc1ccc(-c2nc(-c3ccccc3)sc2-c2ccc(Cl)cc2)cc1.